The maximum absolute atomic E-state index is 11.6. The van der Waals surface area contributed by atoms with Crippen LogP contribution >= 0.6 is 0 Å². The van der Waals surface area contributed by atoms with Crippen LogP contribution in [0.2, 0.25) is 0 Å². The molecule has 6 nitrogen and oxygen atoms in total. The first-order chi connectivity index (χ1) is 13.9. The van der Waals surface area contributed by atoms with Crippen molar-refractivity contribution < 1.29 is 36.6 Å². The molecule has 0 aromatic heterocycles. The molecule has 2 fully saturated rings. The molecular weight excluding hydrogens is 423 g/mol. The summed E-state index contributed by atoms with van der Waals surface area (Å²) >= 11 is 0. The molecule has 3 N–H and O–H groups in total. The number of benzene rings is 2. The molecule has 1 saturated heterocycles. The zero-order valence-corrected chi connectivity index (χ0v) is 16.7. The number of phenols is 1. The molecule has 0 amide bonds. The molecule has 2 aromatic carbocycles. The summed E-state index contributed by atoms with van der Waals surface area (Å²) in [4.78, 5) is 8.90. The number of hydrogen-bond acceptors (Lipinski definition) is 5. The van der Waals surface area contributed by atoms with Crippen LogP contribution in [0.25, 0.3) is 10.8 Å². The predicted molar refractivity (Wildman–Crippen MR) is 105 cm³/mol. The molecule has 2 atom stereocenters. The van der Waals surface area contributed by atoms with Crippen molar-refractivity contribution in [3.05, 3.63) is 42.0 Å². The maximum atomic E-state index is 11.6. The summed E-state index contributed by atoms with van der Waals surface area (Å²) < 4.78 is 55.0. The van der Waals surface area contributed by atoms with Gasteiger partial charge >= 0.3 is 12.1 Å². The molecular formula is C20H22F3NO5S. The highest BCUT2D eigenvalue weighted by Crippen LogP contribution is 2.39. The number of carbonyl (C=O) groups is 1. The Hall–Kier alpha value is -2.33. The van der Waals surface area contributed by atoms with E-state index in [1.807, 2.05) is 12.1 Å². The zero-order valence-electron chi connectivity index (χ0n) is 15.9. The number of hydrogen-bond donors (Lipinski definition) is 3. The van der Waals surface area contributed by atoms with Gasteiger partial charge in [-0.05, 0) is 59.2 Å². The lowest BCUT2D eigenvalue weighted by Gasteiger charge is -2.14. The number of carboxylic acid groups (broad SMARTS) is 1. The second-order valence-corrected chi connectivity index (χ2v) is 9.97. The minimum absolute atomic E-state index is 0.288. The molecule has 0 radical (unpaired) electrons. The average Bonchev–Trinajstić information content (AvgIpc) is 3.12. The van der Waals surface area contributed by atoms with Crippen LogP contribution in [0.4, 0.5) is 13.2 Å². The lowest BCUT2D eigenvalue weighted by atomic mass is 10.0. The molecule has 164 valence electrons. The van der Waals surface area contributed by atoms with Crippen molar-refractivity contribution in [2.45, 2.75) is 31.6 Å². The molecule has 1 aliphatic carbocycles. The Morgan fingerprint density at radius 3 is 2.13 bits per heavy atom. The van der Waals surface area contributed by atoms with Crippen LogP contribution in [0.1, 0.15) is 18.4 Å². The minimum Gasteiger partial charge on any atom is -0.508 e. The van der Waals surface area contributed by atoms with Gasteiger partial charge in [-0.15, -0.1) is 0 Å². The number of carboxylic acids is 1. The summed E-state index contributed by atoms with van der Waals surface area (Å²) in [5, 5.41) is 22.4. The number of alkyl halides is 3. The molecule has 2 aromatic rings. The summed E-state index contributed by atoms with van der Waals surface area (Å²) in [6.07, 6.45) is -3.13. The fourth-order valence-electron chi connectivity index (χ4n) is 4.16. The topological polar surface area (TPSA) is 104 Å². The molecule has 1 heterocycles. The normalized spacial score (nSPS) is 24.8. The van der Waals surface area contributed by atoms with Crippen LogP contribution in [0.5, 0.6) is 5.75 Å². The first-order valence-electron chi connectivity index (χ1n) is 9.38. The van der Waals surface area contributed by atoms with Crippen molar-refractivity contribution >= 4 is 26.6 Å². The molecule has 1 aliphatic heterocycles. The van der Waals surface area contributed by atoms with Gasteiger partial charge in [0.1, 0.15) is 5.75 Å². The number of aliphatic carboxylic acids is 1. The van der Waals surface area contributed by atoms with Crippen molar-refractivity contribution in [1.82, 2.24) is 5.32 Å². The number of phenolic OH excluding ortho intramolecular Hbond substituents is 1. The monoisotopic (exact) mass is 445 g/mol. The van der Waals surface area contributed by atoms with E-state index in [2.05, 4.69) is 17.4 Å². The highest BCUT2D eigenvalue weighted by atomic mass is 32.2. The Morgan fingerprint density at radius 2 is 1.57 bits per heavy atom. The number of nitrogens with one attached hydrogen (secondary N) is 1. The number of fused-ring (bicyclic) bond motifs is 2. The minimum atomic E-state index is -5.08. The number of aromatic hydroxyl groups is 1. The number of halogens is 3. The molecule has 2 unspecified atom stereocenters. The van der Waals surface area contributed by atoms with E-state index < -0.39 is 22.0 Å². The van der Waals surface area contributed by atoms with Crippen molar-refractivity contribution in [2.24, 2.45) is 11.8 Å². The second-order valence-electron chi connectivity index (χ2n) is 7.82. The largest absolute Gasteiger partial charge is 0.508 e. The molecule has 0 bridgehead atoms. The highest BCUT2D eigenvalue weighted by molar-refractivity contribution is 7.91. The van der Waals surface area contributed by atoms with Crippen molar-refractivity contribution in [3.8, 4) is 5.75 Å². The molecule has 2 aliphatic rings. The molecule has 0 spiro atoms. The van der Waals surface area contributed by atoms with E-state index in [-0.39, 0.29) is 5.75 Å². The van der Waals surface area contributed by atoms with Gasteiger partial charge < -0.3 is 15.5 Å². The fraction of sp³-hybridized carbons (Fsp3) is 0.450. The van der Waals surface area contributed by atoms with Crippen molar-refractivity contribution in [3.63, 3.8) is 0 Å². The van der Waals surface area contributed by atoms with Gasteiger partial charge in [-0.25, -0.2) is 13.2 Å². The average molecular weight is 445 g/mol. The number of sulfone groups is 1. The van der Waals surface area contributed by atoms with Crippen molar-refractivity contribution in [2.75, 3.05) is 11.5 Å². The standard InChI is InChI=1S/C18H21NO3S.C2HF3O2/c20-18-4-3-13-5-12(1-2-14(13)8-18)9-19-17-6-15-10-23(21,22)11-16(15)7-17;3-2(4,5)1(6)7/h1-5,8,15-17,19-20H,6-7,9-11H2;(H,6,7). The lowest BCUT2D eigenvalue weighted by molar-refractivity contribution is -0.192. The fourth-order valence-corrected chi connectivity index (χ4v) is 6.42. The molecule has 1 saturated carbocycles. The first-order valence-corrected chi connectivity index (χ1v) is 11.2. The summed E-state index contributed by atoms with van der Waals surface area (Å²) in [7, 11) is -2.77. The van der Waals surface area contributed by atoms with Crippen LogP contribution in [0, 0.1) is 11.8 Å². The van der Waals surface area contributed by atoms with Crippen LogP contribution in [-0.2, 0) is 21.2 Å². The summed E-state index contributed by atoms with van der Waals surface area (Å²) in [5.74, 6) is -0.984. The van der Waals surface area contributed by atoms with Gasteiger partial charge in [0, 0.05) is 12.6 Å². The smallest absolute Gasteiger partial charge is 0.490 e. The van der Waals surface area contributed by atoms with E-state index in [0.29, 0.717) is 29.4 Å². The van der Waals surface area contributed by atoms with Crippen LogP contribution in [-0.4, -0.2) is 48.3 Å². The van der Waals surface area contributed by atoms with Crippen LogP contribution < -0.4 is 5.32 Å². The highest BCUT2D eigenvalue weighted by Gasteiger charge is 2.44. The van der Waals surface area contributed by atoms with Gasteiger partial charge in [0.2, 0.25) is 0 Å². The first kappa shape index (κ1) is 22.4. The van der Waals surface area contributed by atoms with Gasteiger partial charge in [0.25, 0.3) is 0 Å². The predicted octanol–water partition coefficient (Wildman–Crippen LogP) is 3.09. The summed E-state index contributed by atoms with van der Waals surface area (Å²) in [6, 6.07) is 12.1. The van der Waals surface area contributed by atoms with E-state index in [1.165, 1.54) is 5.56 Å². The van der Waals surface area contributed by atoms with Crippen LogP contribution in [0.15, 0.2) is 36.4 Å². The second kappa shape index (κ2) is 8.43. The van der Waals surface area contributed by atoms with Gasteiger partial charge in [-0.2, -0.15) is 13.2 Å². The van der Waals surface area contributed by atoms with Crippen LogP contribution in [0.3, 0.4) is 0 Å². The zero-order chi connectivity index (χ0) is 22.1. The summed E-state index contributed by atoms with van der Waals surface area (Å²) in [6.45, 7) is 0.799. The van der Waals surface area contributed by atoms with Gasteiger partial charge in [-0.1, -0.05) is 18.2 Å². The number of rotatable bonds is 3. The third-order valence-electron chi connectivity index (χ3n) is 5.50. The third-order valence-corrected chi connectivity index (χ3v) is 7.37. The molecule has 10 heteroatoms. The van der Waals surface area contributed by atoms with E-state index >= 15 is 0 Å². The van der Waals surface area contributed by atoms with E-state index in [9.17, 15) is 26.7 Å². The lowest BCUT2D eigenvalue weighted by Crippen LogP contribution is -2.27. The third kappa shape index (κ3) is 5.63. The van der Waals surface area contributed by atoms with E-state index in [1.54, 1.807) is 12.1 Å². The SMILES string of the molecule is O=C(O)C(F)(F)F.O=S1(=O)CC2CC(NCc3ccc4cc(O)ccc4c3)CC2C1. The maximum Gasteiger partial charge on any atom is 0.490 e. The Balaban J connectivity index is 0.000000318. The summed E-state index contributed by atoms with van der Waals surface area (Å²) in [5.41, 5.74) is 1.22. The molecule has 30 heavy (non-hydrogen) atoms. The Labute approximate surface area is 171 Å². The Morgan fingerprint density at radius 1 is 1.03 bits per heavy atom. The van der Waals surface area contributed by atoms with E-state index in [4.69, 9.17) is 9.90 Å². The van der Waals surface area contributed by atoms with Crippen molar-refractivity contribution in [1.29, 1.82) is 0 Å². The molecule has 4 rings (SSSR count). The Bertz CT molecular complexity index is 1020. The van der Waals surface area contributed by atoms with E-state index in [0.717, 1.165) is 30.2 Å². The Kier molecular flexibility index (Phi) is 6.28. The van der Waals surface area contributed by atoms with Gasteiger partial charge in [-0.3, -0.25) is 0 Å². The quantitative estimate of drug-likeness (QED) is 0.671. The van der Waals surface area contributed by atoms with Gasteiger partial charge in [0.05, 0.1) is 11.5 Å². The van der Waals surface area contributed by atoms with Gasteiger partial charge in [0.15, 0.2) is 9.84 Å².